The minimum atomic E-state index is -1.10. The highest BCUT2D eigenvalue weighted by Crippen LogP contribution is 2.42. The van der Waals surface area contributed by atoms with Gasteiger partial charge in [0.15, 0.2) is 5.65 Å². The second kappa shape index (κ2) is 14.3. The number of nitrogens with one attached hydrogen (secondary N) is 1. The van der Waals surface area contributed by atoms with E-state index in [1.54, 1.807) is 0 Å². The molecule has 3 aromatic carbocycles. The van der Waals surface area contributed by atoms with Gasteiger partial charge in [-0.2, -0.15) is 5.10 Å². The van der Waals surface area contributed by atoms with Crippen LogP contribution in [0.2, 0.25) is 0 Å². The molecule has 4 amide bonds. The zero-order valence-electron chi connectivity index (χ0n) is 31.7. The van der Waals surface area contributed by atoms with E-state index in [2.05, 4.69) is 25.1 Å². The van der Waals surface area contributed by atoms with E-state index in [0.717, 1.165) is 103 Å². The number of anilines is 2. The average Bonchev–Trinajstić information content (AvgIpc) is 3.82. The molecule has 4 fully saturated rings. The standard InChI is InChI=1S/C43H42FN9O5/c44-33-18-31-32(43(57)52(42(31)56)34-16-17-36(54)48-41(34)55)19-35(33)51-27-12-13-28(51)22-50(21-27)20-24-6-10-26(11-7-24)53-40-37(39(45)46-23-47-40)38(49-53)25-8-14-30(15-9-25)58-29-4-2-1-3-5-29/h1-5,8-9,14-15,18-19,23-24,26-28,34H,6-7,10-13,16-17,20-22H2,(H2,45,46,47)(H,48,54,55). The maximum Gasteiger partial charge on any atom is 0.262 e. The fraction of sp³-hybridized carbons (Fsp3) is 0.372. The number of ether oxygens (including phenoxy) is 1. The molecule has 296 valence electrons. The summed E-state index contributed by atoms with van der Waals surface area (Å²) in [6.07, 6.45) is 7.34. The predicted molar refractivity (Wildman–Crippen MR) is 211 cm³/mol. The number of aromatic nitrogens is 4. The van der Waals surface area contributed by atoms with Gasteiger partial charge in [0.25, 0.3) is 11.8 Å². The molecule has 6 heterocycles. The molecular formula is C43H42FN9O5. The van der Waals surface area contributed by atoms with Gasteiger partial charge in [0, 0.05) is 43.7 Å². The van der Waals surface area contributed by atoms with Gasteiger partial charge in [-0.1, -0.05) is 18.2 Å². The number of piperazine rings is 1. The van der Waals surface area contributed by atoms with Crippen molar-refractivity contribution >= 4 is 46.2 Å². The largest absolute Gasteiger partial charge is 0.457 e. The molecule has 1 aliphatic carbocycles. The fourth-order valence-electron chi connectivity index (χ4n) is 9.90. The second-order valence-corrected chi connectivity index (χ2v) is 16.2. The van der Waals surface area contributed by atoms with E-state index < -0.39 is 35.5 Å². The van der Waals surface area contributed by atoms with Crippen LogP contribution in [-0.2, 0) is 9.59 Å². The molecule has 3 unspecified atom stereocenters. The summed E-state index contributed by atoms with van der Waals surface area (Å²) < 4.78 is 23.9. The van der Waals surface area contributed by atoms with Crippen LogP contribution in [0.25, 0.3) is 22.3 Å². The maximum atomic E-state index is 15.9. The number of rotatable bonds is 8. The first-order chi connectivity index (χ1) is 28.2. The van der Waals surface area contributed by atoms with E-state index in [0.29, 0.717) is 17.4 Å². The molecule has 4 aliphatic heterocycles. The SMILES string of the molecule is Nc1ncnc2c1c(-c1ccc(Oc3ccccc3)cc1)nn2C1CCC(CN2CC3CCC(C2)N3c2cc3c(cc2F)C(=O)N(C2CCC(=O)NC2=O)C3=O)CC1. The summed E-state index contributed by atoms with van der Waals surface area (Å²) in [4.78, 5) is 65.5. The number of hydrogen-bond acceptors (Lipinski definition) is 11. The van der Waals surface area contributed by atoms with E-state index in [1.807, 2.05) is 59.3 Å². The van der Waals surface area contributed by atoms with Gasteiger partial charge in [-0.3, -0.25) is 34.3 Å². The zero-order chi connectivity index (χ0) is 39.7. The Morgan fingerprint density at radius 1 is 0.793 bits per heavy atom. The van der Waals surface area contributed by atoms with Crippen LogP contribution in [0, 0.1) is 11.7 Å². The lowest BCUT2D eigenvalue weighted by atomic mass is 9.85. The molecule has 2 aromatic heterocycles. The highest BCUT2D eigenvalue weighted by atomic mass is 19.1. The number of para-hydroxylation sites is 1. The summed E-state index contributed by atoms with van der Waals surface area (Å²) in [6.45, 7) is 2.51. The number of likely N-dealkylation sites (tertiary alicyclic amines) is 1. The number of nitrogen functional groups attached to an aromatic ring is 1. The van der Waals surface area contributed by atoms with Gasteiger partial charge in [0.1, 0.15) is 41.2 Å². The fourth-order valence-corrected chi connectivity index (χ4v) is 9.90. The quantitative estimate of drug-likeness (QED) is 0.191. The molecule has 3 saturated heterocycles. The van der Waals surface area contributed by atoms with E-state index in [9.17, 15) is 19.2 Å². The summed E-state index contributed by atoms with van der Waals surface area (Å²) in [5.74, 6) is -0.640. The lowest BCUT2D eigenvalue weighted by molar-refractivity contribution is -0.136. The third-order valence-corrected chi connectivity index (χ3v) is 12.6. The summed E-state index contributed by atoms with van der Waals surface area (Å²) in [5.41, 5.74) is 9.21. The van der Waals surface area contributed by atoms with Crippen molar-refractivity contribution in [2.75, 3.05) is 30.3 Å². The van der Waals surface area contributed by atoms with Gasteiger partial charge < -0.3 is 15.4 Å². The number of hydrogen-bond donors (Lipinski definition) is 2. The second-order valence-electron chi connectivity index (χ2n) is 16.2. The number of carbonyl (C=O) groups excluding carboxylic acids is 4. The third-order valence-electron chi connectivity index (χ3n) is 12.6. The number of imide groups is 2. The summed E-state index contributed by atoms with van der Waals surface area (Å²) in [5, 5.41) is 8.06. The molecular weight excluding hydrogens is 742 g/mol. The van der Waals surface area contributed by atoms with Crippen molar-refractivity contribution < 1.29 is 28.3 Å². The number of piperidine rings is 1. The minimum absolute atomic E-state index is 0.0222. The van der Waals surface area contributed by atoms with Gasteiger partial charge in [-0.05, 0) is 99.4 Å². The molecule has 1 saturated carbocycles. The molecule has 0 spiro atoms. The first kappa shape index (κ1) is 36.1. The maximum absolute atomic E-state index is 15.9. The Labute approximate surface area is 333 Å². The van der Waals surface area contributed by atoms with Crippen LogP contribution in [-0.4, -0.2) is 90.9 Å². The molecule has 0 radical (unpaired) electrons. The topological polar surface area (TPSA) is 169 Å². The minimum Gasteiger partial charge on any atom is -0.457 e. The number of fused-ring (bicyclic) bond motifs is 4. The van der Waals surface area contributed by atoms with Crippen LogP contribution < -0.4 is 20.7 Å². The Kier molecular flexibility index (Phi) is 8.92. The Balaban J connectivity index is 0.797. The van der Waals surface area contributed by atoms with Crippen LogP contribution >= 0.6 is 0 Å². The van der Waals surface area contributed by atoms with Crippen LogP contribution in [0.4, 0.5) is 15.9 Å². The molecule has 3 atom stereocenters. The van der Waals surface area contributed by atoms with Crippen molar-refractivity contribution in [2.45, 2.75) is 75.5 Å². The third kappa shape index (κ3) is 6.24. The first-order valence-electron chi connectivity index (χ1n) is 20.1. The number of halogens is 1. The molecule has 2 bridgehead atoms. The van der Waals surface area contributed by atoms with Crippen LogP contribution in [0.3, 0.4) is 0 Å². The van der Waals surface area contributed by atoms with Crippen molar-refractivity contribution in [3.8, 4) is 22.8 Å². The van der Waals surface area contributed by atoms with Gasteiger partial charge in [0.2, 0.25) is 11.8 Å². The van der Waals surface area contributed by atoms with Crippen LogP contribution in [0.15, 0.2) is 73.1 Å². The Morgan fingerprint density at radius 2 is 1.47 bits per heavy atom. The summed E-state index contributed by atoms with van der Waals surface area (Å²) in [7, 11) is 0. The summed E-state index contributed by atoms with van der Waals surface area (Å²) >= 11 is 0. The van der Waals surface area contributed by atoms with Crippen molar-refractivity contribution in [3.05, 3.63) is 90.0 Å². The molecule has 5 aliphatic rings. The Bertz CT molecular complexity index is 2450. The number of nitrogens with zero attached hydrogens (tertiary/aromatic N) is 7. The van der Waals surface area contributed by atoms with Gasteiger partial charge >= 0.3 is 0 Å². The van der Waals surface area contributed by atoms with Crippen molar-refractivity contribution in [1.82, 2.24) is 34.9 Å². The number of nitrogens with two attached hydrogens (primary N) is 1. The predicted octanol–water partition coefficient (Wildman–Crippen LogP) is 5.49. The normalized spacial score (nSPS) is 24.7. The number of amides is 4. The highest BCUT2D eigenvalue weighted by molar-refractivity contribution is 6.23. The number of carbonyl (C=O) groups is 4. The molecule has 58 heavy (non-hydrogen) atoms. The summed E-state index contributed by atoms with van der Waals surface area (Å²) in [6, 6.07) is 19.3. The molecule has 15 heteroatoms. The monoisotopic (exact) mass is 783 g/mol. The molecule has 3 N–H and O–H groups in total. The lowest BCUT2D eigenvalue weighted by Crippen LogP contribution is -2.55. The zero-order valence-corrected chi connectivity index (χ0v) is 31.7. The van der Waals surface area contributed by atoms with Gasteiger partial charge in [-0.25, -0.2) is 19.0 Å². The smallest absolute Gasteiger partial charge is 0.262 e. The van der Waals surface area contributed by atoms with Crippen molar-refractivity contribution in [2.24, 2.45) is 5.92 Å². The molecule has 5 aromatic rings. The van der Waals surface area contributed by atoms with Gasteiger partial charge in [-0.15, -0.1) is 0 Å². The van der Waals surface area contributed by atoms with E-state index in [1.165, 1.54) is 12.4 Å². The lowest BCUT2D eigenvalue weighted by Gasteiger charge is -2.44. The average molecular weight is 784 g/mol. The number of benzene rings is 3. The highest BCUT2D eigenvalue weighted by Gasteiger charge is 2.47. The van der Waals surface area contributed by atoms with Crippen molar-refractivity contribution in [3.63, 3.8) is 0 Å². The molecule has 10 rings (SSSR count). The van der Waals surface area contributed by atoms with Crippen molar-refractivity contribution in [1.29, 1.82) is 0 Å². The van der Waals surface area contributed by atoms with E-state index in [4.69, 9.17) is 15.6 Å². The van der Waals surface area contributed by atoms with Crippen LogP contribution in [0.1, 0.15) is 78.1 Å². The van der Waals surface area contributed by atoms with Crippen LogP contribution in [0.5, 0.6) is 11.5 Å². The van der Waals surface area contributed by atoms with E-state index in [-0.39, 0.29) is 42.1 Å². The van der Waals surface area contributed by atoms with E-state index >= 15 is 4.39 Å². The van der Waals surface area contributed by atoms with Gasteiger partial charge in [0.05, 0.1) is 28.2 Å². The molecule has 14 nitrogen and oxygen atoms in total. The Hall–Kier alpha value is -6.22. The first-order valence-corrected chi connectivity index (χ1v) is 20.1. The Morgan fingerprint density at radius 3 is 2.17 bits per heavy atom.